The van der Waals surface area contributed by atoms with Crippen molar-refractivity contribution >= 4 is 29.1 Å². The third kappa shape index (κ3) is 6.61. The molecule has 0 aromatic heterocycles. The Labute approximate surface area is 147 Å². The summed E-state index contributed by atoms with van der Waals surface area (Å²) in [6.45, 7) is 1.64. The second kappa shape index (κ2) is 9.56. The summed E-state index contributed by atoms with van der Waals surface area (Å²) in [6, 6.07) is 15.6. The van der Waals surface area contributed by atoms with Crippen LogP contribution in [0.3, 0.4) is 0 Å². The molecule has 5 heteroatoms. The number of halogens is 2. The largest absolute Gasteiger partial charge is 0.355 e. The standard InChI is InChI=1S/C18H20Cl2N2O/c19-16-7-6-15(17(20)12-16)9-10-21-13-18(23)22-11-8-14-4-2-1-3-5-14/h1-7,12,21H,8-11,13H2,(H,22,23). The highest BCUT2D eigenvalue weighted by Crippen LogP contribution is 2.20. The van der Waals surface area contributed by atoms with E-state index in [1.807, 2.05) is 30.3 Å². The molecule has 1 amide bonds. The van der Waals surface area contributed by atoms with Gasteiger partial charge in [0, 0.05) is 16.6 Å². The van der Waals surface area contributed by atoms with Crippen molar-refractivity contribution in [3.05, 3.63) is 69.7 Å². The number of carbonyl (C=O) groups excluding carboxylic acids is 1. The molecule has 2 aromatic carbocycles. The number of hydrogen-bond acceptors (Lipinski definition) is 2. The van der Waals surface area contributed by atoms with Crippen molar-refractivity contribution in [2.24, 2.45) is 0 Å². The first-order chi connectivity index (χ1) is 11.1. The first-order valence-electron chi connectivity index (χ1n) is 7.60. The zero-order valence-corrected chi connectivity index (χ0v) is 14.3. The zero-order chi connectivity index (χ0) is 16.5. The van der Waals surface area contributed by atoms with Crippen LogP contribution in [-0.4, -0.2) is 25.5 Å². The average molecular weight is 351 g/mol. The summed E-state index contributed by atoms with van der Waals surface area (Å²) in [7, 11) is 0. The van der Waals surface area contributed by atoms with Gasteiger partial charge >= 0.3 is 0 Å². The number of nitrogens with one attached hydrogen (secondary N) is 2. The minimum absolute atomic E-state index is 0.00290. The van der Waals surface area contributed by atoms with Crippen LogP contribution < -0.4 is 10.6 Å². The fourth-order valence-corrected chi connectivity index (χ4v) is 2.71. The molecule has 0 bridgehead atoms. The van der Waals surface area contributed by atoms with Crippen LogP contribution in [0.15, 0.2) is 48.5 Å². The van der Waals surface area contributed by atoms with Gasteiger partial charge < -0.3 is 10.6 Å². The van der Waals surface area contributed by atoms with Gasteiger partial charge in [0.25, 0.3) is 0 Å². The van der Waals surface area contributed by atoms with Crippen molar-refractivity contribution in [1.29, 1.82) is 0 Å². The van der Waals surface area contributed by atoms with Crippen LogP contribution in [0.25, 0.3) is 0 Å². The lowest BCUT2D eigenvalue weighted by Gasteiger charge is -2.08. The van der Waals surface area contributed by atoms with Gasteiger partial charge in [-0.2, -0.15) is 0 Å². The zero-order valence-electron chi connectivity index (χ0n) is 12.8. The topological polar surface area (TPSA) is 41.1 Å². The lowest BCUT2D eigenvalue weighted by molar-refractivity contribution is -0.120. The van der Waals surface area contributed by atoms with Crippen LogP contribution in [-0.2, 0) is 17.6 Å². The van der Waals surface area contributed by atoms with Crippen molar-refractivity contribution in [3.63, 3.8) is 0 Å². The maximum absolute atomic E-state index is 11.7. The van der Waals surface area contributed by atoms with E-state index in [4.69, 9.17) is 23.2 Å². The summed E-state index contributed by atoms with van der Waals surface area (Å²) >= 11 is 12.0. The molecule has 0 heterocycles. The summed E-state index contributed by atoms with van der Waals surface area (Å²) in [6.07, 6.45) is 1.60. The molecule has 3 nitrogen and oxygen atoms in total. The molecular formula is C18H20Cl2N2O. The smallest absolute Gasteiger partial charge is 0.233 e. The lowest BCUT2D eigenvalue weighted by atomic mass is 10.1. The first kappa shape index (κ1) is 17.8. The minimum atomic E-state index is 0.00290. The van der Waals surface area contributed by atoms with Gasteiger partial charge in [0.05, 0.1) is 6.54 Å². The predicted molar refractivity (Wildman–Crippen MR) is 96.2 cm³/mol. The Morgan fingerprint density at radius 1 is 0.957 bits per heavy atom. The van der Waals surface area contributed by atoms with E-state index in [1.54, 1.807) is 6.07 Å². The number of carbonyl (C=O) groups is 1. The van der Waals surface area contributed by atoms with E-state index >= 15 is 0 Å². The SMILES string of the molecule is O=C(CNCCc1ccc(Cl)cc1Cl)NCCc1ccccc1. The van der Waals surface area contributed by atoms with Crippen molar-refractivity contribution < 1.29 is 4.79 Å². The number of benzene rings is 2. The summed E-state index contributed by atoms with van der Waals surface area (Å²) in [5.41, 5.74) is 2.24. The molecule has 2 N–H and O–H groups in total. The quantitative estimate of drug-likeness (QED) is 0.715. The van der Waals surface area contributed by atoms with E-state index in [1.165, 1.54) is 5.56 Å². The molecule has 0 unspecified atom stereocenters. The summed E-state index contributed by atoms with van der Waals surface area (Å²) in [4.78, 5) is 11.7. The van der Waals surface area contributed by atoms with Gasteiger partial charge in [-0.15, -0.1) is 0 Å². The number of hydrogen-bond donors (Lipinski definition) is 2. The van der Waals surface area contributed by atoms with Gasteiger partial charge in [-0.25, -0.2) is 0 Å². The van der Waals surface area contributed by atoms with Gasteiger partial charge in [0.2, 0.25) is 5.91 Å². The third-order valence-corrected chi connectivity index (χ3v) is 4.04. The van der Waals surface area contributed by atoms with Crippen LogP contribution in [0.1, 0.15) is 11.1 Å². The summed E-state index contributed by atoms with van der Waals surface area (Å²) < 4.78 is 0. The van der Waals surface area contributed by atoms with Gasteiger partial charge in [0.15, 0.2) is 0 Å². The van der Waals surface area contributed by atoms with E-state index in [0.29, 0.717) is 29.7 Å². The van der Waals surface area contributed by atoms with Gasteiger partial charge in [-0.05, 0) is 42.6 Å². The average Bonchev–Trinajstić information content (AvgIpc) is 2.54. The van der Waals surface area contributed by atoms with Crippen molar-refractivity contribution in [2.75, 3.05) is 19.6 Å². The Kier molecular flexibility index (Phi) is 7.40. The van der Waals surface area contributed by atoms with Crippen LogP contribution in [0.4, 0.5) is 0 Å². The highest BCUT2D eigenvalue weighted by Gasteiger charge is 2.03. The normalized spacial score (nSPS) is 10.5. The second-order valence-corrected chi connectivity index (χ2v) is 6.09. The summed E-state index contributed by atoms with van der Waals surface area (Å²) in [5.74, 6) is 0.00290. The molecule has 0 aliphatic heterocycles. The third-order valence-electron chi connectivity index (χ3n) is 3.45. The molecule has 2 rings (SSSR count). The van der Waals surface area contributed by atoms with Crippen LogP contribution in [0, 0.1) is 0 Å². The van der Waals surface area contributed by atoms with Crippen molar-refractivity contribution in [3.8, 4) is 0 Å². The van der Waals surface area contributed by atoms with E-state index in [-0.39, 0.29) is 5.91 Å². The van der Waals surface area contributed by atoms with Crippen molar-refractivity contribution in [1.82, 2.24) is 10.6 Å². The Morgan fingerprint density at radius 2 is 1.74 bits per heavy atom. The van der Waals surface area contributed by atoms with Crippen molar-refractivity contribution in [2.45, 2.75) is 12.8 Å². The number of amides is 1. The molecule has 2 aromatic rings. The molecule has 0 saturated carbocycles. The minimum Gasteiger partial charge on any atom is -0.355 e. The number of rotatable bonds is 8. The Morgan fingerprint density at radius 3 is 2.48 bits per heavy atom. The van der Waals surface area contributed by atoms with E-state index < -0.39 is 0 Å². The molecule has 0 radical (unpaired) electrons. The van der Waals surface area contributed by atoms with E-state index in [0.717, 1.165) is 18.4 Å². The molecule has 0 spiro atoms. The Hall–Kier alpha value is -1.55. The summed E-state index contributed by atoms with van der Waals surface area (Å²) in [5, 5.41) is 7.31. The highest BCUT2D eigenvalue weighted by atomic mass is 35.5. The van der Waals surface area contributed by atoms with Gasteiger partial charge in [0.1, 0.15) is 0 Å². The van der Waals surface area contributed by atoms with E-state index in [9.17, 15) is 4.79 Å². The molecule has 0 saturated heterocycles. The maximum Gasteiger partial charge on any atom is 0.233 e. The van der Waals surface area contributed by atoms with Crippen LogP contribution >= 0.6 is 23.2 Å². The molecule has 0 atom stereocenters. The molecule has 0 aliphatic carbocycles. The monoisotopic (exact) mass is 350 g/mol. The van der Waals surface area contributed by atoms with Crippen LogP contribution in [0.5, 0.6) is 0 Å². The van der Waals surface area contributed by atoms with E-state index in [2.05, 4.69) is 22.8 Å². The Bertz CT molecular complexity index is 632. The lowest BCUT2D eigenvalue weighted by Crippen LogP contribution is -2.35. The highest BCUT2D eigenvalue weighted by molar-refractivity contribution is 6.35. The second-order valence-electron chi connectivity index (χ2n) is 5.25. The fraction of sp³-hybridized carbons (Fsp3) is 0.278. The molecule has 122 valence electrons. The maximum atomic E-state index is 11.7. The first-order valence-corrected chi connectivity index (χ1v) is 8.36. The molecule has 0 aliphatic rings. The molecule has 23 heavy (non-hydrogen) atoms. The van der Waals surface area contributed by atoms with Crippen LogP contribution in [0.2, 0.25) is 10.0 Å². The fourth-order valence-electron chi connectivity index (χ4n) is 2.20. The molecule has 0 fully saturated rings. The predicted octanol–water partition coefficient (Wildman–Crippen LogP) is 3.48. The molecular weight excluding hydrogens is 331 g/mol. The van der Waals surface area contributed by atoms with Gasteiger partial charge in [-0.1, -0.05) is 59.6 Å². The Balaban J connectivity index is 1.59. The van der Waals surface area contributed by atoms with Gasteiger partial charge in [-0.3, -0.25) is 4.79 Å².